The van der Waals surface area contributed by atoms with E-state index in [0.29, 0.717) is 17.0 Å². The number of hydrazone groups is 1. The fraction of sp³-hybridized carbons (Fsp3) is 0.125. The van der Waals surface area contributed by atoms with E-state index in [4.69, 9.17) is 4.74 Å². The third-order valence-electron chi connectivity index (χ3n) is 2.80. The van der Waals surface area contributed by atoms with Crippen molar-refractivity contribution in [3.8, 4) is 5.75 Å². The molecule has 0 spiro atoms. The Labute approximate surface area is 136 Å². The first-order valence-electron chi connectivity index (χ1n) is 6.52. The van der Waals surface area contributed by atoms with Crippen LogP contribution in [-0.2, 0) is 4.79 Å². The predicted octanol–water partition coefficient (Wildman–Crippen LogP) is 3.51. The highest BCUT2D eigenvalue weighted by atomic mass is 79.9. The van der Waals surface area contributed by atoms with Crippen molar-refractivity contribution in [2.75, 3.05) is 6.61 Å². The van der Waals surface area contributed by atoms with Gasteiger partial charge in [-0.05, 0) is 37.3 Å². The van der Waals surface area contributed by atoms with Crippen LogP contribution in [0.4, 0.5) is 4.39 Å². The second kappa shape index (κ2) is 7.70. The van der Waals surface area contributed by atoms with Gasteiger partial charge in [0.05, 0.1) is 5.71 Å². The van der Waals surface area contributed by atoms with E-state index < -0.39 is 5.91 Å². The molecule has 2 rings (SSSR count). The summed E-state index contributed by atoms with van der Waals surface area (Å²) in [5.41, 5.74) is 3.07. The maximum Gasteiger partial charge on any atom is 0.277 e. The van der Waals surface area contributed by atoms with Gasteiger partial charge in [-0.25, -0.2) is 9.82 Å². The summed E-state index contributed by atoms with van der Waals surface area (Å²) in [5.74, 6) is -0.226. The van der Waals surface area contributed by atoms with E-state index in [2.05, 4.69) is 26.5 Å². The number of ether oxygens (including phenoxy) is 1. The van der Waals surface area contributed by atoms with Crippen LogP contribution >= 0.6 is 15.9 Å². The van der Waals surface area contributed by atoms with E-state index >= 15 is 0 Å². The maximum absolute atomic E-state index is 13.5. The molecule has 2 aromatic carbocycles. The summed E-state index contributed by atoms with van der Waals surface area (Å²) in [6, 6.07) is 13.3. The van der Waals surface area contributed by atoms with Gasteiger partial charge in [0.1, 0.15) is 11.6 Å². The summed E-state index contributed by atoms with van der Waals surface area (Å²) in [6.45, 7) is 1.45. The predicted molar refractivity (Wildman–Crippen MR) is 86.4 cm³/mol. The number of rotatable bonds is 5. The first-order valence-corrected chi connectivity index (χ1v) is 7.32. The van der Waals surface area contributed by atoms with Crippen LogP contribution in [0.25, 0.3) is 0 Å². The number of benzene rings is 2. The zero-order valence-electron chi connectivity index (χ0n) is 11.8. The molecule has 4 nitrogen and oxygen atoms in total. The van der Waals surface area contributed by atoms with Crippen LogP contribution in [0.2, 0.25) is 0 Å². The van der Waals surface area contributed by atoms with E-state index in [-0.39, 0.29) is 12.4 Å². The molecule has 0 aliphatic rings. The molecule has 0 heterocycles. The summed E-state index contributed by atoms with van der Waals surface area (Å²) in [6.07, 6.45) is 0. The van der Waals surface area contributed by atoms with Gasteiger partial charge in [0.15, 0.2) is 6.61 Å². The van der Waals surface area contributed by atoms with Crippen molar-refractivity contribution in [1.29, 1.82) is 0 Å². The Hall–Kier alpha value is -2.21. The van der Waals surface area contributed by atoms with Gasteiger partial charge < -0.3 is 4.74 Å². The van der Waals surface area contributed by atoms with Crippen LogP contribution in [-0.4, -0.2) is 18.2 Å². The highest BCUT2D eigenvalue weighted by Crippen LogP contribution is 2.15. The number of halogens is 2. The largest absolute Gasteiger partial charge is 0.484 e. The molecule has 0 fully saturated rings. The lowest BCUT2D eigenvalue weighted by Crippen LogP contribution is -2.25. The Morgan fingerprint density at radius 2 is 1.91 bits per heavy atom. The fourth-order valence-electron chi connectivity index (χ4n) is 1.67. The molecule has 0 aliphatic carbocycles. The fourth-order valence-corrected chi connectivity index (χ4v) is 1.94. The van der Waals surface area contributed by atoms with Crippen LogP contribution < -0.4 is 10.2 Å². The van der Waals surface area contributed by atoms with Gasteiger partial charge in [-0.15, -0.1) is 0 Å². The Kier molecular flexibility index (Phi) is 5.66. The molecule has 0 saturated carbocycles. The Bertz CT molecular complexity index is 687. The minimum atomic E-state index is -0.418. The van der Waals surface area contributed by atoms with Gasteiger partial charge in [0.2, 0.25) is 0 Å². The van der Waals surface area contributed by atoms with Crippen molar-refractivity contribution in [3.63, 3.8) is 0 Å². The van der Waals surface area contributed by atoms with Crippen LogP contribution in [0, 0.1) is 5.82 Å². The Morgan fingerprint density at radius 3 is 2.59 bits per heavy atom. The maximum atomic E-state index is 13.5. The Balaban J connectivity index is 1.88. The van der Waals surface area contributed by atoms with Crippen LogP contribution in [0.15, 0.2) is 58.1 Å². The summed E-state index contributed by atoms with van der Waals surface area (Å²) >= 11 is 3.31. The smallest absolute Gasteiger partial charge is 0.277 e. The van der Waals surface area contributed by atoms with Gasteiger partial charge in [-0.1, -0.05) is 34.1 Å². The highest BCUT2D eigenvalue weighted by Gasteiger charge is 2.06. The average molecular weight is 365 g/mol. The molecule has 0 bridgehead atoms. The van der Waals surface area contributed by atoms with E-state index in [1.165, 1.54) is 6.07 Å². The number of amides is 1. The van der Waals surface area contributed by atoms with Crippen molar-refractivity contribution < 1.29 is 13.9 Å². The molecule has 0 atom stereocenters. The van der Waals surface area contributed by atoms with E-state index in [1.807, 2.05) is 12.1 Å². The molecule has 6 heteroatoms. The molecular weight excluding hydrogens is 351 g/mol. The zero-order chi connectivity index (χ0) is 15.9. The topological polar surface area (TPSA) is 50.7 Å². The van der Waals surface area contributed by atoms with Gasteiger partial charge >= 0.3 is 0 Å². The number of carbonyl (C=O) groups is 1. The van der Waals surface area contributed by atoms with Gasteiger partial charge in [-0.2, -0.15) is 5.10 Å². The number of carbonyl (C=O) groups excluding carboxylic acids is 1. The van der Waals surface area contributed by atoms with E-state index in [0.717, 1.165) is 4.47 Å². The van der Waals surface area contributed by atoms with Crippen molar-refractivity contribution in [3.05, 3.63) is 64.4 Å². The van der Waals surface area contributed by atoms with Crippen molar-refractivity contribution in [2.45, 2.75) is 6.92 Å². The molecule has 2 aromatic rings. The third kappa shape index (κ3) is 4.66. The quantitative estimate of drug-likeness (QED) is 0.651. The summed E-state index contributed by atoms with van der Waals surface area (Å²) in [7, 11) is 0. The molecule has 1 N–H and O–H groups in total. The second-order valence-electron chi connectivity index (χ2n) is 4.45. The lowest BCUT2D eigenvalue weighted by molar-refractivity contribution is -0.123. The lowest BCUT2D eigenvalue weighted by Gasteiger charge is -2.06. The van der Waals surface area contributed by atoms with Gasteiger partial charge in [-0.3, -0.25) is 4.79 Å². The van der Waals surface area contributed by atoms with Crippen LogP contribution in [0.5, 0.6) is 5.75 Å². The molecule has 0 saturated heterocycles. The summed E-state index contributed by atoms with van der Waals surface area (Å²) in [5, 5.41) is 3.87. The molecule has 0 radical (unpaired) electrons. The van der Waals surface area contributed by atoms with Crippen LogP contribution in [0.1, 0.15) is 12.5 Å². The monoisotopic (exact) mass is 364 g/mol. The highest BCUT2D eigenvalue weighted by molar-refractivity contribution is 9.10. The standard InChI is InChI=1S/C16H14BrFN2O2/c1-11(14-4-2-3-5-15(14)18)19-20-16(21)10-22-13-8-6-12(17)7-9-13/h2-9H,10H2,1H3,(H,20,21)/b19-11-. The SMILES string of the molecule is C/C(=N/NC(=O)COc1ccc(Br)cc1)c1ccccc1F. The van der Waals surface area contributed by atoms with Gasteiger partial charge in [0.25, 0.3) is 5.91 Å². The number of hydrogen-bond donors (Lipinski definition) is 1. The van der Waals surface area contributed by atoms with E-state index in [9.17, 15) is 9.18 Å². The first-order chi connectivity index (χ1) is 10.6. The lowest BCUT2D eigenvalue weighted by atomic mass is 10.1. The average Bonchev–Trinajstić information content (AvgIpc) is 2.52. The van der Waals surface area contributed by atoms with E-state index in [1.54, 1.807) is 37.3 Å². The molecule has 114 valence electrons. The summed E-state index contributed by atoms with van der Waals surface area (Å²) < 4.78 is 19.8. The number of nitrogens with one attached hydrogen (secondary N) is 1. The molecule has 0 aliphatic heterocycles. The van der Waals surface area contributed by atoms with Crippen LogP contribution in [0.3, 0.4) is 0 Å². The van der Waals surface area contributed by atoms with Crippen molar-refractivity contribution in [1.82, 2.24) is 5.43 Å². The third-order valence-corrected chi connectivity index (χ3v) is 3.32. The number of hydrogen-bond acceptors (Lipinski definition) is 3. The summed E-state index contributed by atoms with van der Waals surface area (Å²) in [4.78, 5) is 11.7. The first kappa shape index (κ1) is 16.2. The minimum Gasteiger partial charge on any atom is -0.484 e. The van der Waals surface area contributed by atoms with Gasteiger partial charge in [0, 0.05) is 10.0 Å². The molecule has 1 amide bonds. The zero-order valence-corrected chi connectivity index (χ0v) is 13.4. The second-order valence-corrected chi connectivity index (χ2v) is 5.37. The molecule has 0 unspecified atom stereocenters. The van der Waals surface area contributed by atoms with Crippen molar-refractivity contribution in [2.24, 2.45) is 5.10 Å². The number of nitrogens with zero attached hydrogens (tertiary/aromatic N) is 1. The van der Waals surface area contributed by atoms with Crippen molar-refractivity contribution >= 4 is 27.5 Å². The molecule has 0 aromatic heterocycles. The minimum absolute atomic E-state index is 0.171. The molecule has 22 heavy (non-hydrogen) atoms. The molecular formula is C16H14BrFN2O2. The normalized spacial score (nSPS) is 11.1. The Morgan fingerprint density at radius 1 is 1.23 bits per heavy atom.